The Hall–Kier alpha value is -1.94. The third-order valence-electron chi connectivity index (χ3n) is 4.58. The zero-order chi connectivity index (χ0) is 16.2. The molecule has 2 aromatic rings. The van der Waals surface area contributed by atoms with Gasteiger partial charge in [-0.3, -0.25) is 0 Å². The van der Waals surface area contributed by atoms with Crippen molar-refractivity contribution in [1.29, 1.82) is 0 Å². The lowest BCUT2D eigenvalue weighted by Crippen LogP contribution is -2.44. The lowest BCUT2D eigenvalue weighted by molar-refractivity contribution is 0.582. The van der Waals surface area contributed by atoms with Gasteiger partial charge in [-0.25, -0.2) is 9.97 Å². The molecular formula is C19H26N4. The molecule has 1 aromatic heterocycles. The van der Waals surface area contributed by atoms with Crippen LogP contribution in [0.3, 0.4) is 0 Å². The predicted molar refractivity (Wildman–Crippen MR) is 96.0 cm³/mol. The first-order chi connectivity index (χ1) is 11.2. The monoisotopic (exact) mass is 310 g/mol. The molecular weight excluding hydrogens is 284 g/mol. The van der Waals surface area contributed by atoms with Crippen LogP contribution in [0.5, 0.6) is 0 Å². The fraction of sp³-hybridized carbons (Fsp3) is 0.474. The average molecular weight is 310 g/mol. The van der Waals surface area contributed by atoms with Crippen molar-refractivity contribution in [3.8, 4) is 11.4 Å². The van der Waals surface area contributed by atoms with E-state index >= 15 is 0 Å². The number of nitrogens with one attached hydrogen (secondary N) is 1. The smallest absolute Gasteiger partial charge is 0.161 e. The van der Waals surface area contributed by atoms with E-state index in [4.69, 9.17) is 9.97 Å². The van der Waals surface area contributed by atoms with E-state index in [2.05, 4.69) is 55.3 Å². The highest BCUT2D eigenvalue weighted by Crippen LogP contribution is 2.26. The molecule has 0 amide bonds. The van der Waals surface area contributed by atoms with Crippen LogP contribution in [-0.4, -0.2) is 36.1 Å². The summed E-state index contributed by atoms with van der Waals surface area (Å²) in [5.41, 5.74) is 4.83. The molecule has 4 heteroatoms. The van der Waals surface area contributed by atoms with E-state index in [0.29, 0.717) is 0 Å². The number of anilines is 1. The molecule has 0 aliphatic carbocycles. The standard InChI is InChI=1S/C19H26N4/c1-4-15-6-8-16(9-7-15)18-21-14(3)17(5-2)19(22-18)23-12-10-20-11-13-23/h6-9,20H,4-5,10-13H2,1-3H3. The summed E-state index contributed by atoms with van der Waals surface area (Å²) < 4.78 is 0. The van der Waals surface area contributed by atoms with E-state index in [1.165, 1.54) is 11.1 Å². The van der Waals surface area contributed by atoms with Gasteiger partial charge in [-0.2, -0.15) is 0 Å². The Morgan fingerprint density at radius 2 is 1.70 bits per heavy atom. The van der Waals surface area contributed by atoms with Crippen LogP contribution in [0, 0.1) is 6.92 Å². The fourth-order valence-corrected chi connectivity index (χ4v) is 3.15. The topological polar surface area (TPSA) is 41.1 Å². The summed E-state index contributed by atoms with van der Waals surface area (Å²) in [4.78, 5) is 12.1. The molecule has 0 saturated carbocycles. The van der Waals surface area contributed by atoms with Crippen LogP contribution in [-0.2, 0) is 12.8 Å². The molecule has 3 rings (SSSR count). The van der Waals surface area contributed by atoms with Crippen molar-refractivity contribution in [2.24, 2.45) is 0 Å². The molecule has 0 spiro atoms. The van der Waals surface area contributed by atoms with E-state index < -0.39 is 0 Å². The van der Waals surface area contributed by atoms with Gasteiger partial charge in [-0.05, 0) is 25.3 Å². The van der Waals surface area contributed by atoms with Crippen molar-refractivity contribution < 1.29 is 0 Å². The van der Waals surface area contributed by atoms with Crippen molar-refractivity contribution in [1.82, 2.24) is 15.3 Å². The maximum atomic E-state index is 4.94. The highest BCUT2D eigenvalue weighted by molar-refractivity contribution is 5.61. The fourth-order valence-electron chi connectivity index (χ4n) is 3.15. The Morgan fingerprint density at radius 1 is 1.00 bits per heavy atom. The van der Waals surface area contributed by atoms with Gasteiger partial charge in [0.25, 0.3) is 0 Å². The molecule has 1 N–H and O–H groups in total. The maximum absolute atomic E-state index is 4.94. The Balaban J connectivity index is 2.02. The molecule has 1 aromatic carbocycles. The molecule has 1 fully saturated rings. The molecule has 1 aliphatic rings. The molecule has 1 aliphatic heterocycles. The van der Waals surface area contributed by atoms with Crippen LogP contribution in [0.1, 0.15) is 30.7 Å². The van der Waals surface area contributed by atoms with Gasteiger partial charge in [0.2, 0.25) is 0 Å². The number of nitrogens with zero attached hydrogens (tertiary/aromatic N) is 3. The summed E-state index contributed by atoms with van der Waals surface area (Å²) in [6, 6.07) is 8.63. The number of rotatable bonds is 4. The van der Waals surface area contributed by atoms with Crippen LogP contribution in [0.2, 0.25) is 0 Å². The number of hydrogen-bond donors (Lipinski definition) is 1. The van der Waals surface area contributed by atoms with E-state index in [-0.39, 0.29) is 0 Å². The number of piperazine rings is 1. The molecule has 0 atom stereocenters. The minimum Gasteiger partial charge on any atom is -0.354 e. The normalized spacial score (nSPS) is 15.0. The zero-order valence-corrected chi connectivity index (χ0v) is 14.4. The number of benzene rings is 1. The molecule has 23 heavy (non-hydrogen) atoms. The lowest BCUT2D eigenvalue weighted by atomic mass is 10.1. The first-order valence-electron chi connectivity index (χ1n) is 8.65. The third-order valence-corrected chi connectivity index (χ3v) is 4.58. The molecule has 0 unspecified atom stereocenters. The first kappa shape index (κ1) is 15.9. The number of aryl methyl sites for hydroxylation is 2. The van der Waals surface area contributed by atoms with Gasteiger partial charge in [0.1, 0.15) is 5.82 Å². The van der Waals surface area contributed by atoms with Crippen LogP contribution in [0.15, 0.2) is 24.3 Å². The first-order valence-corrected chi connectivity index (χ1v) is 8.65. The highest BCUT2D eigenvalue weighted by Gasteiger charge is 2.19. The maximum Gasteiger partial charge on any atom is 0.161 e. The van der Waals surface area contributed by atoms with Crippen molar-refractivity contribution in [2.45, 2.75) is 33.6 Å². The van der Waals surface area contributed by atoms with Gasteiger partial charge in [-0.1, -0.05) is 38.1 Å². The van der Waals surface area contributed by atoms with Gasteiger partial charge in [0.15, 0.2) is 5.82 Å². The SMILES string of the molecule is CCc1ccc(-c2nc(C)c(CC)c(N3CCNCC3)n2)cc1. The number of hydrogen-bond acceptors (Lipinski definition) is 4. The second kappa shape index (κ2) is 7.09. The largest absolute Gasteiger partial charge is 0.354 e. The zero-order valence-electron chi connectivity index (χ0n) is 14.4. The Bertz CT molecular complexity index is 658. The lowest BCUT2D eigenvalue weighted by Gasteiger charge is -2.30. The molecule has 1 saturated heterocycles. The minimum absolute atomic E-state index is 0.843. The quantitative estimate of drug-likeness (QED) is 0.942. The van der Waals surface area contributed by atoms with Crippen LogP contribution < -0.4 is 10.2 Å². The van der Waals surface area contributed by atoms with Gasteiger partial charge < -0.3 is 10.2 Å². The van der Waals surface area contributed by atoms with Gasteiger partial charge in [0, 0.05) is 43.0 Å². The van der Waals surface area contributed by atoms with E-state index in [1.807, 2.05) is 0 Å². The summed E-state index contributed by atoms with van der Waals surface area (Å²) in [5.74, 6) is 1.96. The van der Waals surface area contributed by atoms with Crippen molar-refractivity contribution >= 4 is 5.82 Å². The highest BCUT2D eigenvalue weighted by atomic mass is 15.2. The van der Waals surface area contributed by atoms with Gasteiger partial charge in [-0.15, -0.1) is 0 Å². The molecule has 4 nitrogen and oxygen atoms in total. The average Bonchev–Trinajstić information content (AvgIpc) is 2.62. The molecule has 122 valence electrons. The third kappa shape index (κ3) is 3.37. The van der Waals surface area contributed by atoms with Crippen molar-refractivity contribution in [2.75, 3.05) is 31.1 Å². The van der Waals surface area contributed by atoms with Crippen LogP contribution in [0.4, 0.5) is 5.82 Å². The minimum atomic E-state index is 0.843. The summed E-state index contributed by atoms with van der Waals surface area (Å²) in [6.07, 6.45) is 2.03. The molecule has 0 bridgehead atoms. The summed E-state index contributed by atoms with van der Waals surface area (Å²) >= 11 is 0. The summed E-state index contributed by atoms with van der Waals surface area (Å²) in [5, 5.41) is 3.41. The van der Waals surface area contributed by atoms with E-state index in [1.54, 1.807) is 0 Å². The van der Waals surface area contributed by atoms with Crippen LogP contribution >= 0.6 is 0 Å². The van der Waals surface area contributed by atoms with Gasteiger partial charge >= 0.3 is 0 Å². The van der Waals surface area contributed by atoms with Crippen LogP contribution in [0.25, 0.3) is 11.4 Å². The molecule has 0 radical (unpaired) electrons. The van der Waals surface area contributed by atoms with E-state index in [9.17, 15) is 0 Å². The van der Waals surface area contributed by atoms with Gasteiger partial charge in [0.05, 0.1) is 0 Å². The second-order valence-electron chi connectivity index (χ2n) is 6.08. The Labute approximate surface area is 139 Å². The van der Waals surface area contributed by atoms with Crippen molar-refractivity contribution in [3.05, 3.63) is 41.1 Å². The Kier molecular flexibility index (Phi) is 4.91. The Morgan fingerprint density at radius 3 is 2.30 bits per heavy atom. The summed E-state index contributed by atoms with van der Waals surface area (Å²) in [7, 11) is 0. The second-order valence-corrected chi connectivity index (χ2v) is 6.08. The molecule has 2 heterocycles. The van der Waals surface area contributed by atoms with E-state index in [0.717, 1.165) is 61.9 Å². The summed E-state index contributed by atoms with van der Waals surface area (Å²) in [6.45, 7) is 10.5. The number of aromatic nitrogens is 2. The predicted octanol–water partition coefficient (Wildman–Crippen LogP) is 2.99. The van der Waals surface area contributed by atoms with Crippen molar-refractivity contribution in [3.63, 3.8) is 0 Å².